The first-order chi connectivity index (χ1) is 15.8. The van der Waals surface area contributed by atoms with Crippen molar-refractivity contribution in [2.24, 2.45) is 11.7 Å². The number of rotatable bonds is 6. The van der Waals surface area contributed by atoms with E-state index in [1.807, 2.05) is 18.6 Å². The number of H-pyrrole nitrogens is 1. The van der Waals surface area contributed by atoms with Gasteiger partial charge in [-0.05, 0) is 70.9 Å². The molecular formula is C26H28BrN5. The fraction of sp³-hybridized carbons (Fsp3) is 0.308. The van der Waals surface area contributed by atoms with Crippen LogP contribution in [-0.4, -0.2) is 15.0 Å². The van der Waals surface area contributed by atoms with Gasteiger partial charge in [0.15, 0.2) is 0 Å². The molecule has 2 aliphatic carbocycles. The number of nitrogens with zero attached hydrogens (tertiary/aromatic N) is 3. The van der Waals surface area contributed by atoms with Crippen molar-refractivity contribution in [3.63, 3.8) is 0 Å². The maximum atomic E-state index is 5.93. The third kappa shape index (κ3) is 4.05. The molecule has 1 aromatic carbocycles. The Labute approximate surface area is 197 Å². The zero-order chi connectivity index (χ0) is 21.9. The Morgan fingerprint density at radius 1 is 1.19 bits per heavy atom. The molecule has 3 N–H and O–H groups in total. The van der Waals surface area contributed by atoms with Crippen LogP contribution in [0.2, 0.25) is 0 Å². The number of pyridine rings is 1. The van der Waals surface area contributed by atoms with Crippen molar-refractivity contribution >= 4 is 21.6 Å². The van der Waals surface area contributed by atoms with Crippen LogP contribution in [0.25, 0.3) is 0 Å². The summed E-state index contributed by atoms with van der Waals surface area (Å²) in [4.78, 5) is 15.6. The van der Waals surface area contributed by atoms with Crippen molar-refractivity contribution in [3.05, 3.63) is 100 Å². The molecule has 5 nitrogen and oxygen atoms in total. The molecule has 3 aromatic rings. The van der Waals surface area contributed by atoms with E-state index in [0.717, 1.165) is 47.2 Å². The van der Waals surface area contributed by atoms with E-state index in [0.29, 0.717) is 12.5 Å². The lowest BCUT2D eigenvalue weighted by molar-refractivity contribution is 0.390. The van der Waals surface area contributed by atoms with Crippen LogP contribution in [0.1, 0.15) is 54.0 Å². The van der Waals surface area contributed by atoms with Crippen LogP contribution in [0, 0.1) is 5.92 Å². The third-order valence-corrected chi connectivity index (χ3v) is 7.18. The number of nitrogens with two attached hydrogens (primary N) is 1. The van der Waals surface area contributed by atoms with Gasteiger partial charge in [-0.2, -0.15) is 0 Å². The van der Waals surface area contributed by atoms with E-state index in [4.69, 9.17) is 15.7 Å². The largest absolute Gasteiger partial charge is 0.351 e. The van der Waals surface area contributed by atoms with Crippen LogP contribution < -0.4 is 10.6 Å². The SMILES string of the molecule is NCc1ccc(N(C2CCCc3cccnc32)C(c2ncc[nH]2)C2C=CC=CC2)c(Br)c1. The highest BCUT2D eigenvalue weighted by Gasteiger charge is 2.38. The number of aryl methyl sites for hydroxylation is 1. The number of anilines is 1. The number of aromatic nitrogens is 3. The molecule has 5 rings (SSSR count). The maximum absolute atomic E-state index is 5.93. The highest BCUT2D eigenvalue weighted by molar-refractivity contribution is 9.10. The minimum absolute atomic E-state index is 0.0455. The summed E-state index contributed by atoms with van der Waals surface area (Å²) in [5.41, 5.74) is 10.7. The van der Waals surface area contributed by atoms with E-state index < -0.39 is 0 Å². The Bertz CT molecular complexity index is 1120. The molecule has 3 atom stereocenters. The number of imidazole rings is 1. The number of allylic oxidation sites excluding steroid dienone is 3. The Hall–Kier alpha value is -2.70. The molecule has 6 heteroatoms. The van der Waals surface area contributed by atoms with E-state index in [2.05, 4.69) is 80.4 Å². The van der Waals surface area contributed by atoms with E-state index in [-0.39, 0.29) is 12.1 Å². The molecule has 0 saturated carbocycles. The smallest absolute Gasteiger partial charge is 0.129 e. The highest BCUT2D eigenvalue weighted by Crippen LogP contribution is 2.46. The van der Waals surface area contributed by atoms with E-state index in [1.165, 1.54) is 11.3 Å². The predicted molar refractivity (Wildman–Crippen MR) is 132 cm³/mol. The zero-order valence-corrected chi connectivity index (χ0v) is 19.6. The minimum Gasteiger partial charge on any atom is -0.351 e. The van der Waals surface area contributed by atoms with E-state index in [1.54, 1.807) is 0 Å². The molecule has 0 aliphatic heterocycles. The van der Waals surface area contributed by atoms with Gasteiger partial charge in [-0.1, -0.05) is 36.4 Å². The molecule has 0 spiro atoms. The second-order valence-corrected chi connectivity index (χ2v) is 9.34. The van der Waals surface area contributed by atoms with Crippen LogP contribution in [0.3, 0.4) is 0 Å². The van der Waals surface area contributed by atoms with Gasteiger partial charge in [0.05, 0.1) is 23.5 Å². The lowest BCUT2D eigenvalue weighted by Gasteiger charge is -2.44. The van der Waals surface area contributed by atoms with Gasteiger partial charge >= 0.3 is 0 Å². The molecule has 0 radical (unpaired) electrons. The number of benzene rings is 1. The maximum Gasteiger partial charge on any atom is 0.129 e. The van der Waals surface area contributed by atoms with Crippen LogP contribution in [0.4, 0.5) is 5.69 Å². The molecule has 0 fully saturated rings. The van der Waals surface area contributed by atoms with Gasteiger partial charge in [0.25, 0.3) is 0 Å². The zero-order valence-electron chi connectivity index (χ0n) is 18.0. The van der Waals surface area contributed by atoms with Gasteiger partial charge in [0.2, 0.25) is 0 Å². The van der Waals surface area contributed by atoms with Crippen molar-refractivity contribution in [2.45, 2.75) is 44.3 Å². The lowest BCUT2D eigenvalue weighted by Crippen LogP contribution is -2.39. The average molecular weight is 490 g/mol. The molecule has 0 amide bonds. The summed E-state index contributed by atoms with van der Waals surface area (Å²) in [5, 5.41) is 0. The van der Waals surface area contributed by atoms with Crippen LogP contribution in [0.15, 0.2) is 77.7 Å². The molecule has 164 valence electrons. The Kier molecular flexibility index (Phi) is 6.23. The van der Waals surface area contributed by atoms with Crippen molar-refractivity contribution < 1.29 is 0 Å². The lowest BCUT2D eigenvalue weighted by atomic mass is 9.85. The molecule has 32 heavy (non-hydrogen) atoms. The van der Waals surface area contributed by atoms with Crippen molar-refractivity contribution in [3.8, 4) is 0 Å². The van der Waals surface area contributed by atoms with Crippen LogP contribution in [-0.2, 0) is 13.0 Å². The predicted octanol–water partition coefficient (Wildman–Crippen LogP) is 5.78. The first kappa shape index (κ1) is 21.2. The average Bonchev–Trinajstić information content (AvgIpc) is 3.37. The second-order valence-electron chi connectivity index (χ2n) is 8.48. The number of halogens is 1. The molecule has 2 aromatic heterocycles. The molecule has 2 heterocycles. The van der Waals surface area contributed by atoms with Gasteiger partial charge in [0, 0.05) is 35.5 Å². The molecule has 2 aliphatic rings. The first-order valence-electron chi connectivity index (χ1n) is 11.3. The summed E-state index contributed by atoms with van der Waals surface area (Å²) in [6.45, 7) is 0.518. The monoisotopic (exact) mass is 489 g/mol. The van der Waals surface area contributed by atoms with Gasteiger partial charge in [-0.3, -0.25) is 4.98 Å². The topological polar surface area (TPSA) is 70.8 Å². The van der Waals surface area contributed by atoms with Gasteiger partial charge in [-0.15, -0.1) is 0 Å². The van der Waals surface area contributed by atoms with Gasteiger partial charge in [0.1, 0.15) is 5.82 Å². The number of hydrogen-bond donors (Lipinski definition) is 2. The normalized spacial score (nSPS) is 20.7. The Morgan fingerprint density at radius 2 is 2.12 bits per heavy atom. The summed E-state index contributed by atoms with van der Waals surface area (Å²) in [5.74, 6) is 1.27. The van der Waals surface area contributed by atoms with Gasteiger partial charge in [-0.25, -0.2) is 4.98 Å². The molecular weight excluding hydrogens is 462 g/mol. The van der Waals surface area contributed by atoms with Crippen molar-refractivity contribution in [1.82, 2.24) is 15.0 Å². The third-order valence-electron chi connectivity index (χ3n) is 6.55. The van der Waals surface area contributed by atoms with Crippen molar-refractivity contribution in [1.29, 1.82) is 0 Å². The molecule has 3 unspecified atom stereocenters. The van der Waals surface area contributed by atoms with Crippen molar-refractivity contribution in [2.75, 3.05) is 4.90 Å². The summed E-state index contributed by atoms with van der Waals surface area (Å²) in [6.07, 6.45) is 18.8. The second kappa shape index (κ2) is 9.43. The number of fused-ring (bicyclic) bond motifs is 1. The first-order valence-corrected chi connectivity index (χ1v) is 12.1. The summed E-state index contributed by atoms with van der Waals surface area (Å²) < 4.78 is 1.05. The quantitative estimate of drug-likeness (QED) is 0.459. The fourth-order valence-corrected chi connectivity index (χ4v) is 5.70. The van der Waals surface area contributed by atoms with E-state index in [9.17, 15) is 0 Å². The summed E-state index contributed by atoms with van der Waals surface area (Å²) >= 11 is 3.87. The highest BCUT2D eigenvalue weighted by atomic mass is 79.9. The number of nitrogens with one attached hydrogen (secondary N) is 1. The van der Waals surface area contributed by atoms with Crippen LogP contribution >= 0.6 is 15.9 Å². The summed E-state index contributed by atoms with van der Waals surface area (Å²) in [6, 6.07) is 11.0. The fourth-order valence-electron chi connectivity index (χ4n) is 5.07. The molecule has 0 saturated heterocycles. The Morgan fingerprint density at radius 3 is 2.88 bits per heavy atom. The Balaban J connectivity index is 1.69. The summed E-state index contributed by atoms with van der Waals surface area (Å²) in [7, 11) is 0. The van der Waals surface area contributed by atoms with E-state index >= 15 is 0 Å². The molecule has 0 bridgehead atoms. The number of aromatic amines is 1. The minimum atomic E-state index is 0.0455. The standard InChI is InChI=1S/C26H28BrN5/c27-21-16-18(17-28)11-12-22(21)32(23-10-4-8-19-9-5-13-29-24(19)23)25(26-30-14-15-31-26)20-6-2-1-3-7-20/h1-3,5-6,9,11-16,20,23,25H,4,7-8,10,17,28H2,(H,30,31). The van der Waals surface area contributed by atoms with Crippen LogP contribution in [0.5, 0.6) is 0 Å². The van der Waals surface area contributed by atoms with Gasteiger partial charge < -0.3 is 15.6 Å². The number of hydrogen-bond acceptors (Lipinski definition) is 4.